The second kappa shape index (κ2) is 6.24. The minimum absolute atomic E-state index is 0.162. The van der Waals surface area contributed by atoms with E-state index in [1.807, 2.05) is 25.1 Å². The molecule has 4 heteroatoms. The van der Waals surface area contributed by atoms with Gasteiger partial charge in [-0.05, 0) is 44.4 Å². The van der Waals surface area contributed by atoms with Crippen LogP contribution in [-0.4, -0.2) is 25.2 Å². The molecule has 1 unspecified atom stereocenters. The zero-order valence-electron chi connectivity index (χ0n) is 11.1. The summed E-state index contributed by atoms with van der Waals surface area (Å²) in [6, 6.07) is 9.31. The first-order chi connectivity index (χ1) is 9.26. The van der Waals surface area contributed by atoms with Gasteiger partial charge in [-0.1, -0.05) is 6.07 Å². The summed E-state index contributed by atoms with van der Waals surface area (Å²) in [6.45, 7) is 3.06. The highest BCUT2D eigenvalue weighted by Crippen LogP contribution is 2.26. The molecule has 0 N–H and O–H groups in total. The summed E-state index contributed by atoms with van der Waals surface area (Å²) in [4.78, 5) is 14.1. The molecule has 19 heavy (non-hydrogen) atoms. The smallest absolute Gasteiger partial charge is 0.328 e. The van der Waals surface area contributed by atoms with Crippen molar-refractivity contribution in [3.05, 3.63) is 29.8 Å². The SMILES string of the molecule is CCOC(=O)C1CCCCN1c1cccc(C#N)c1. The predicted octanol–water partition coefficient (Wildman–Crippen LogP) is 2.48. The van der Waals surface area contributed by atoms with Crippen LogP contribution in [0.1, 0.15) is 31.7 Å². The number of ether oxygens (including phenoxy) is 1. The molecule has 0 radical (unpaired) electrons. The number of hydrogen-bond donors (Lipinski definition) is 0. The molecule has 1 aliphatic rings. The van der Waals surface area contributed by atoms with Gasteiger partial charge in [0.05, 0.1) is 18.2 Å². The standard InChI is InChI=1S/C15H18N2O2/c1-2-19-15(18)14-8-3-4-9-17(14)13-7-5-6-12(10-13)11-16/h5-7,10,14H,2-4,8-9H2,1H3. The Bertz CT molecular complexity index is 493. The van der Waals surface area contributed by atoms with Crippen molar-refractivity contribution in [1.29, 1.82) is 5.26 Å². The molecular weight excluding hydrogens is 240 g/mol. The van der Waals surface area contributed by atoms with E-state index in [1.165, 1.54) is 0 Å². The van der Waals surface area contributed by atoms with Crippen LogP contribution >= 0.6 is 0 Å². The van der Waals surface area contributed by atoms with Crippen molar-refractivity contribution < 1.29 is 9.53 Å². The van der Waals surface area contributed by atoms with Gasteiger partial charge in [-0.2, -0.15) is 5.26 Å². The molecule has 1 heterocycles. The Balaban J connectivity index is 2.23. The van der Waals surface area contributed by atoms with Crippen molar-refractivity contribution in [1.82, 2.24) is 0 Å². The number of nitriles is 1. The molecular formula is C15H18N2O2. The third kappa shape index (κ3) is 3.05. The molecule has 4 nitrogen and oxygen atoms in total. The molecule has 100 valence electrons. The lowest BCUT2D eigenvalue weighted by Gasteiger charge is -2.35. The van der Waals surface area contributed by atoms with Gasteiger partial charge in [-0.15, -0.1) is 0 Å². The summed E-state index contributed by atoms with van der Waals surface area (Å²) >= 11 is 0. The fraction of sp³-hybridized carbons (Fsp3) is 0.467. The Labute approximate surface area is 113 Å². The summed E-state index contributed by atoms with van der Waals surface area (Å²) in [5.41, 5.74) is 1.54. The molecule has 1 fully saturated rings. The van der Waals surface area contributed by atoms with Crippen LogP contribution in [0.3, 0.4) is 0 Å². The molecule has 1 saturated heterocycles. The second-order valence-corrected chi connectivity index (χ2v) is 4.62. The Kier molecular flexibility index (Phi) is 4.40. The molecule has 0 aliphatic carbocycles. The quantitative estimate of drug-likeness (QED) is 0.782. The van der Waals surface area contributed by atoms with Crippen molar-refractivity contribution in [2.75, 3.05) is 18.1 Å². The van der Waals surface area contributed by atoms with Crippen LogP contribution in [0.4, 0.5) is 5.69 Å². The van der Waals surface area contributed by atoms with Gasteiger partial charge >= 0.3 is 5.97 Å². The third-order valence-electron chi connectivity index (χ3n) is 3.37. The molecule has 0 spiro atoms. The highest BCUT2D eigenvalue weighted by atomic mass is 16.5. The topological polar surface area (TPSA) is 53.3 Å². The van der Waals surface area contributed by atoms with Gasteiger partial charge in [-0.3, -0.25) is 0 Å². The fourth-order valence-electron chi connectivity index (χ4n) is 2.48. The number of esters is 1. The molecule has 0 bridgehead atoms. The number of piperidine rings is 1. The Morgan fingerprint density at radius 1 is 1.53 bits per heavy atom. The molecule has 1 aromatic carbocycles. The molecule has 0 saturated carbocycles. The first-order valence-electron chi connectivity index (χ1n) is 6.69. The van der Waals surface area contributed by atoms with Gasteiger partial charge in [0.25, 0.3) is 0 Å². The minimum atomic E-state index is -0.220. The van der Waals surface area contributed by atoms with Crippen LogP contribution in [-0.2, 0) is 9.53 Å². The first kappa shape index (κ1) is 13.4. The van der Waals surface area contributed by atoms with Gasteiger partial charge in [0, 0.05) is 12.2 Å². The Morgan fingerprint density at radius 3 is 3.11 bits per heavy atom. The number of carbonyl (C=O) groups excluding carboxylic acids is 1. The summed E-state index contributed by atoms with van der Waals surface area (Å²) in [7, 11) is 0. The monoisotopic (exact) mass is 258 g/mol. The average molecular weight is 258 g/mol. The van der Waals surface area contributed by atoms with Gasteiger partial charge in [0.1, 0.15) is 6.04 Å². The van der Waals surface area contributed by atoms with Crippen LogP contribution in [0.2, 0.25) is 0 Å². The van der Waals surface area contributed by atoms with Crippen LogP contribution < -0.4 is 4.90 Å². The van der Waals surface area contributed by atoms with Crippen LogP contribution in [0, 0.1) is 11.3 Å². The lowest BCUT2D eigenvalue weighted by atomic mass is 10.0. The maximum atomic E-state index is 12.0. The Hall–Kier alpha value is -2.02. The fourth-order valence-corrected chi connectivity index (χ4v) is 2.48. The van der Waals surface area contributed by atoms with Crippen molar-refractivity contribution in [2.24, 2.45) is 0 Å². The Morgan fingerprint density at radius 2 is 2.37 bits per heavy atom. The number of hydrogen-bond acceptors (Lipinski definition) is 4. The maximum Gasteiger partial charge on any atom is 0.328 e. The average Bonchev–Trinajstić information content (AvgIpc) is 2.47. The number of benzene rings is 1. The lowest BCUT2D eigenvalue weighted by molar-refractivity contribution is -0.145. The molecule has 1 atom stereocenters. The van der Waals surface area contributed by atoms with Crippen molar-refractivity contribution >= 4 is 11.7 Å². The predicted molar refractivity (Wildman–Crippen MR) is 72.8 cm³/mol. The molecule has 1 aliphatic heterocycles. The van der Waals surface area contributed by atoms with E-state index in [-0.39, 0.29) is 12.0 Å². The normalized spacial score (nSPS) is 18.7. The van der Waals surface area contributed by atoms with Crippen LogP contribution in [0.25, 0.3) is 0 Å². The summed E-state index contributed by atoms with van der Waals surface area (Å²) in [5.74, 6) is -0.162. The largest absolute Gasteiger partial charge is 0.464 e. The zero-order valence-corrected chi connectivity index (χ0v) is 11.1. The third-order valence-corrected chi connectivity index (χ3v) is 3.37. The van der Waals surface area contributed by atoms with Gasteiger partial charge in [0.2, 0.25) is 0 Å². The van der Waals surface area contributed by atoms with Gasteiger partial charge in [-0.25, -0.2) is 4.79 Å². The zero-order chi connectivity index (χ0) is 13.7. The molecule has 2 rings (SSSR count). The van der Waals surface area contributed by atoms with Crippen molar-refractivity contribution in [2.45, 2.75) is 32.2 Å². The molecule has 0 amide bonds. The van der Waals surface area contributed by atoms with Crippen LogP contribution in [0.15, 0.2) is 24.3 Å². The van der Waals surface area contributed by atoms with Crippen LogP contribution in [0.5, 0.6) is 0 Å². The number of nitrogens with zero attached hydrogens (tertiary/aromatic N) is 2. The van der Waals surface area contributed by atoms with Gasteiger partial charge < -0.3 is 9.64 Å². The summed E-state index contributed by atoms with van der Waals surface area (Å²) in [6.07, 6.45) is 2.92. The van der Waals surface area contributed by atoms with E-state index in [1.54, 1.807) is 6.07 Å². The van der Waals surface area contributed by atoms with E-state index in [0.717, 1.165) is 31.5 Å². The van der Waals surface area contributed by atoms with E-state index in [9.17, 15) is 4.79 Å². The summed E-state index contributed by atoms with van der Waals surface area (Å²) < 4.78 is 5.14. The first-order valence-corrected chi connectivity index (χ1v) is 6.69. The highest BCUT2D eigenvalue weighted by molar-refractivity contribution is 5.80. The maximum absolute atomic E-state index is 12.0. The lowest BCUT2D eigenvalue weighted by Crippen LogP contribution is -2.45. The van der Waals surface area contributed by atoms with Gasteiger partial charge in [0.15, 0.2) is 0 Å². The minimum Gasteiger partial charge on any atom is -0.464 e. The van der Waals surface area contributed by atoms with E-state index >= 15 is 0 Å². The van der Waals surface area contributed by atoms with E-state index < -0.39 is 0 Å². The highest BCUT2D eigenvalue weighted by Gasteiger charge is 2.30. The number of rotatable bonds is 3. The number of anilines is 1. The van der Waals surface area contributed by atoms with E-state index in [4.69, 9.17) is 10.00 Å². The second-order valence-electron chi connectivity index (χ2n) is 4.62. The molecule has 0 aromatic heterocycles. The molecule has 1 aromatic rings. The van der Waals surface area contributed by atoms with E-state index in [2.05, 4.69) is 11.0 Å². The number of carbonyl (C=O) groups is 1. The van der Waals surface area contributed by atoms with E-state index in [0.29, 0.717) is 12.2 Å². The van der Waals surface area contributed by atoms with Crippen molar-refractivity contribution in [3.63, 3.8) is 0 Å². The van der Waals surface area contributed by atoms with Crippen molar-refractivity contribution in [3.8, 4) is 6.07 Å². The summed E-state index contributed by atoms with van der Waals surface area (Å²) in [5, 5.41) is 8.96.